The van der Waals surface area contributed by atoms with Crippen LogP contribution in [-0.2, 0) is 0 Å². The molecule has 0 spiro atoms. The Labute approximate surface area is 103 Å². The van der Waals surface area contributed by atoms with Crippen molar-refractivity contribution >= 4 is 11.6 Å². The third kappa shape index (κ3) is 2.27. The van der Waals surface area contributed by atoms with Crippen LogP contribution in [0.1, 0.15) is 18.8 Å². The Morgan fingerprint density at radius 1 is 1.47 bits per heavy atom. The fourth-order valence-electron chi connectivity index (χ4n) is 1.42. The van der Waals surface area contributed by atoms with Gasteiger partial charge in [-0.25, -0.2) is 4.39 Å². The van der Waals surface area contributed by atoms with Gasteiger partial charge in [-0.2, -0.15) is 4.68 Å². The van der Waals surface area contributed by atoms with Crippen LogP contribution in [0.3, 0.4) is 0 Å². The number of hydrogen-bond donors (Lipinski definition) is 1. The molecule has 90 valence electrons. The minimum Gasteiger partial charge on any atom is -0.311 e. The van der Waals surface area contributed by atoms with Crippen molar-refractivity contribution < 1.29 is 4.39 Å². The second kappa shape index (κ2) is 4.77. The first-order valence-corrected chi connectivity index (χ1v) is 5.42. The minimum atomic E-state index is -0.464. The molecule has 1 atom stereocenters. The molecule has 0 aliphatic rings. The van der Waals surface area contributed by atoms with Crippen molar-refractivity contribution in [2.45, 2.75) is 13.0 Å². The van der Waals surface area contributed by atoms with E-state index in [0.717, 1.165) is 0 Å². The highest BCUT2D eigenvalue weighted by atomic mass is 35.5. The lowest BCUT2D eigenvalue weighted by Gasteiger charge is -2.10. The van der Waals surface area contributed by atoms with Gasteiger partial charge >= 0.3 is 0 Å². The van der Waals surface area contributed by atoms with Crippen LogP contribution in [0.15, 0.2) is 18.2 Å². The quantitative estimate of drug-likeness (QED) is 0.908. The Hall–Kier alpha value is -1.53. The van der Waals surface area contributed by atoms with Crippen LogP contribution in [0, 0.1) is 5.82 Å². The number of tetrazole rings is 1. The Balaban J connectivity index is 2.50. The molecule has 0 aliphatic heterocycles. The molecule has 1 unspecified atom stereocenters. The number of nitrogens with zero attached hydrogens (tertiary/aromatic N) is 4. The van der Waals surface area contributed by atoms with Gasteiger partial charge in [0.2, 0.25) is 0 Å². The lowest BCUT2D eigenvalue weighted by Crippen LogP contribution is -2.18. The van der Waals surface area contributed by atoms with Crippen molar-refractivity contribution in [3.05, 3.63) is 34.9 Å². The van der Waals surface area contributed by atoms with Crippen LogP contribution in [0.5, 0.6) is 0 Å². The van der Waals surface area contributed by atoms with Crippen molar-refractivity contribution in [3.63, 3.8) is 0 Å². The molecule has 0 saturated heterocycles. The lowest BCUT2D eigenvalue weighted by atomic mass is 10.2. The predicted octanol–water partition coefficient (Wildman–Crippen LogP) is 1.74. The normalized spacial score (nSPS) is 12.7. The van der Waals surface area contributed by atoms with E-state index in [1.807, 2.05) is 6.92 Å². The number of benzene rings is 1. The summed E-state index contributed by atoms with van der Waals surface area (Å²) in [6, 6.07) is 4.28. The molecule has 0 radical (unpaired) electrons. The van der Waals surface area contributed by atoms with Crippen LogP contribution in [-0.4, -0.2) is 27.3 Å². The molecule has 0 fully saturated rings. The maximum atomic E-state index is 13.7. The number of hydrogen-bond acceptors (Lipinski definition) is 4. The number of rotatable bonds is 3. The van der Waals surface area contributed by atoms with Gasteiger partial charge in [0.25, 0.3) is 0 Å². The molecule has 5 nitrogen and oxygen atoms in total. The van der Waals surface area contributed by atoms with E-state index < -0.39 is 5.82 Å². The van der Waals surface area contributed by atoms with Crippen molar-refractivity contribution in [2.24, 2.45) is 0 Å². The molecule has 0 amide bonds. The highest BCUT2D eigenvalue weighted by Crippen LogP contribution is 2.20. The first kappa shape index (κ1) is 11.9. The SMILES string of the molecule is CNC(C)c1nnnn1-c1ccc(Cl)cc1F. The zero-order valence-corrected chi connectivity index (χ0v) is 10.1. The van der Waals surface area contributed by atoms with Crippen molar-refractivity contribution in [2.75, 3.05) is 7.05 Å². The summed E-state index contributed by atoms with van der Waals surface area (Å²) in [7, 11) is 1.78. The number of halogens is 2. The average Bonchev–Trinajstić information content (AvgIpc) is 2.77. The molecule has 7 heteroatoms. The van der Waals surface area contributed by atoms with Gasteiger partial charge in [-0.1, -0.05) is 11.6 Å². The monoisotopic (exact) mass is 255 g/mol. The lowest BCUT2D eigenvalue weighted by molar-refractivity contribution is 0.566. The Morgan fingerprint density at radius 2 is 2.24 bits per heavy atom. The zero-order chi connectivity index (χ0) is 12.4. The summed E-state index contributed by atoms with van der Waals surface area (Å²) in [5.41, 5.74) is 0.275. The second-order valence-electron chi connectivity index (χ2n) is 3.55. The van der Waals surface area contributed by atoms with Gasteiger partial charge in [0, 0.05) is 5.02 Å². The first-order chi connectivity index (χ1) is 8.13. The van der Waals surface area contributed by atoms with Gasteiger partial charge in [-0.05, 0) is 42.6 Å². The first-order valence-electron chi connectivity index (χ1n) is 5.04. The third-order valence-electron chi connectivity index (χ3n) is 2.45. The molecule has 1 aromatic heterocycles. The summed E-state index contributed by atoms with van der Waals surface area (Å²) >= 11 is 5.69. The number of aromatic nitrogens is 4. The summed E-state index contributed by atoms with van der Waals surface area (Å²) in [6.45, 7) is 1.88. The Bertz CT molecular complexity index is 527. The topological polar surface area (TPSA) is 55.6 Å². The second-order valence-corrected chi connectivity index (χ2v) is 3.99. The fraction of sp³-hybridized carbons (Fsp3) is 0.300. The number of nitrogens with one attached hydrogen (secondary N) is 1. The molecule has 1 heterocycles. The molecule has 0 aliphatic carbocycles. The van der Waals surface area contributed by atoms with E-state index in [1.54, 1.807) is 19.2 Å². The smallest absolute Gasteiger partial charge is 0.173 e. The van der Waals surface area contributed by atoms with E-state index in [2.05, 4.69) is 20.8 Å². The Morgan fingerprint density at radius 3 is 2.88 bits per heavy atom. The molecule has 2 aromatic rings. The molecule has 17 heavy (non-hydrogen) atoms. The molecule has 2 rings (SSSR count). The van der Waals surface area contributed by atoms with Crippen LogP contribution in [0.4, 0.5) is 4.39 Å². The van der Waals surface area contributed by atoms with E-state index in [9.17, 15) is 4.39 Å². The van der Waals surface area contributed by atoms with E-state index in [1.165, 1.54) is 10.7 Å². The average molecular weight is 256 g/mol. The van der Waals surface area contributed by atoms with Crippen LogP contribution >= 0.6 is 11.6 Å². The summed E-state index contributed by atoms with van der Waals surface area (Å²) in [4.78, 5) is 0. The van der Waals surface area contributed by atoms with E-state index in [0.29, 0.717) is 10.8 Å². The van der Waals surface area contributed by atoms with Gasteiger partial charge in [0.05, 0.1) is 6.04 Å². The molecular weight excluding hydrogens is 245 g/mol. The molecule has 1 N–H and O–H groups in total. The van der Waals surface area contributed by atoms with E-state index >= 15 is 0 Å². The predicted molar refractivity (Wildman–Crippen MR) is 61.6 cm³/mol. The van der Waals surface area contributed by atoms with E-state index in [-0.39, 0.29) is 11.7 Å². The van der Waals surface area contributed by atoms with Gasteiger partial charge in [-0.3, -0.25) is 0 Å². The van der Waals surface area contributed by atoms with Crippen molar-refractivity contribution in [1.29, 1.82) is 0 Å². The van der Waals surface area contributed by atoms with E-state index in [4.69, 9.17) is 11.6 Å². The largest absolute Gasteiger partial charge is 0.311 e. The highest BCUT2D eigenvalue weighted by molar-refractivity contribution is 6.30. The molecule has 0 bridgehead atoms. The zero-order valence-electron chi connectivity index (χ0n) is 9.35. The molecular formula is C10H11ClFN5. The molecule has 1 aromatic carbocycles. The minimum absolute atomic E-state index is 0.0833. The maximum absolute atomic E-state index is 13.7. The standard InChI is InChI=1S/C10H11ClFN5/c1-6(13-2)10-14-15-16-17(10)9-4-3-7(11)5-8(9)12/h3-6,13H,1-2H3. The molecule has 0 saturated carbocycles. The summed E-state index contributed by atoms with van der Waals surface area (Å²) in [5, 5.41) is 14.5. The van der Waals surface area contributed by atoms with Crippen LogP contribution < -0.4 is 5.32 Å². The fourth-order valence-corrected chi connectivity index (χ4v) is 1.58. The highest BCUT2D eigenvalue weighted by Gasteiger charge is 2.16. The van der Waals surface area contributed by atoms with Crippen molar-refractivity contribution in [3.8, 4) is 5.69 Å². The van der Waals surface area contributed by atoms with Gasteiger partial charge in [0.1, 0.15) is 11.5 Å². The van der Waals surface area contributed by atoms with Gasteiger partial charge < -0.3 is 5.32 Å². The van der Waals surface area contributed by atoms with Crippen LogP contribution in [0.2, 0.25) is 5.02 Å². The van der Waals surface area contributed by atoms with Gasteiger partial charge in [-0.15, -0.1) is 5.10 Å². The summed E-state index contributed by atoms with van der Waals surface area (Å²) in [5.74, 6) is 0.0723. The maximum Gasteiger partial charge on any atom is 0.173 e. The third-order valence-corrected chi connectivity index (χ3v) is 2.69. The Kier molecular flexibility index (Phi) is 3.35. The van der Waals surface area contributed by atoms with Crippen LogP contribution in [0.25, 0.3) is 5.69 Å². The van der Waals surface area contributed by atoms with Crippen molar-refractivity contribution in [1.82, 2.24) is 25.5 Å². The van der Waals surface area contributed by atoms with Gasteiger partial charge in [0.15, 0.2) is 5.82 Å². The summed E-state index contributed by atoms with van der Waals surface area (Å²) in [6.07, 6.45) is 0. The summed E-state index contributed by atoms with van der Waals surface area (Å²) < 4.78 is 15.1.